The molecule has 0 aliphatic rings. The number of nitrogens with two attached hydrogens (primary N) is 1. The third kappa shape index (κ3) is 50.1. The Balaban J connectivity index is 3.85. The van der Waals surface area contributed by atoms with Crippen LogP contribution in [0.1, 0.15) is 277 Å². The lowest BCUT2D eigenvalue weighted by atomic mass is 10.0. The van der Waals surface area contributed by atoms with E-state index in [0.717, 1.165) is 32.1 Å². The first-order chi connectivity index (χ1) is 29.9. The van der Waals surface area contributed by atoms with Crippen molar-refractivity contribution in [2.75, 3.05) is 33.0 Å². The van der Waals surface area contributed by atoms with Gasteiger partial charge in [-0.2, -0.15) is 0 Å². The van der Waals surface area contributed by atoms with E-state index in [9.17, 15) is 14.3 Å². The molecule has 0 aliphatic heterocycles. The normalized spacial score (nSPS) is 13.3. The average Bonchev–Trinajstić information content (AvgIpc) is 3.25. The van der Waals surface area contributed by atoms with Crippen LogP contribution in [0.2, 0.25) is 0 Å². The molecule has 0 aromatic rings. The van der Waals surface area contributed by atoms with Crippen LogP contribution >= 0.6 is 7.82 Å². The van der Waals surface area contributed by atoms with Crippen molar-refractivity contribution in [3.05, 3.63) is 12.2 Å². The van der Waals surface area contributed by atoms with Crippen molar-refractivity contribution in [1.82, 2.24) is 0 Å². The molecule has 0 saturated heterocycles. The van der Waals surface area contributed by atoms with Crippen molar-refractivity contribution in [2.45, 2.75) is 283 Å². The number of rotatable bonds is 52. The monoisotopic (exact) mass is 886 g/mol. The lowest BCUT2D eigenvalue weighted by molar-refractivity contribution is -0.154. The van der Waals surface area contributed by atoms with Crippen LogP contribution in [-0.4, -0.2) is 49.9 Å². The molecule has 364 valence electrons. The van der Waals surface area contributed by atoms with Gasteiger partial charge in [-0.15, -0.1) is 0 Å². The Kier molecular flexibility index (Phi) is 49.6. The second-order valence-corrected chi connectivity index (χ2v) is 19.6. The van der Waals surface area contributed by atoms with Gasteiger partial charge in [-0.3, -0.25) is 13.8 Å². The lowest BCUT2D eigenvalue weighted by Gasteiger charge is -2.20. The summed E-state index contributed by atoms with van der Waals surface area (Å²) in [5.74, 6) is -0.324. The molecule has 9 heteroatoms. The molecular weight excluding hydrogens is 782 g/mol. The minimum Gasteiger partial charge on any atom is -0.457 e. The van der Waals surface area contributed by atoms with Gasteiger partial charge >= 0.3 is 13.8 Å². The standard InChI is InChI=1S/C52H104NO7P/c1-3-5-7-9-11-13-15-17-19-21-22-23-24-25-26-27-28-29-31-33-35-37-39-41-43-45-52(54)60-51(50-59-61(55,56)58-48-46-53)49-57-47-44-42-40-38-36-34-32-30-20-18-16-14-12-10-8-6-4-2/h20,30,51H,3-19,21-29,31-50,53H2,1-2H3,(H,55,56)/b30-20-. The van der Waals surface area contributed by atoms with Gasteiger partial charge in [0.2, 0.25) is 0 Å². The van der Waals surface area contributed by atoms with Crippen LogP contribution in [0.15, 0.2) is 12.2 Å². The van der Waals surface area contributed by atoms with Gasteiger partial charge < -0.3 is 20.1 Å². The minimum absolute atomic E-state index is 0.0929. The molecule has 0 saturated carbocycles. The topological polar surface area (TPSA) is 117 Å². The Morgan fingerprint density at radius 3 is 1.20 bits per heavy atom. The van der Waals surface area contributed by atoms with Crippen LogP contribution in [-0.2, 0) is 27.9 Å². The van der Waals surface area contributed by atoms with Crippen LogP contribution in [0.25, 0.3) is 0 Å². The molecule has 2 atom stereocenters. The maximum atomic E-state index is 12.7. The van der Waals surface area contributed by atoms with Crippen LogP contribution in [0.3, 0.4) is 0 Å². The number of phosphoric ester groups is 1. The van der Waals surface area contributed by atoms with Gasteiger partial charge in [-0.25, -0.2) is 4.57 Å². The molecular formula is C52H104NO7P. The molecule has 0 aromatic heterocycles. The minimum atomic E-state index is -4.28. The van der Waals surface area contributed by atoms with Gasteiger partial charge in [0.15, 0.2) is 0 Å². The highest BCUT2D eigenvalue weighted by Gasteiger charge is 2.25. The summed E-state index contributed by atoms with van der Waals surface area (Å²) in [6.07, 6.45) is 56.8. The fourth-order valence-electron chi connectivity index (χ4n) is 8.00. The third-order valence-corrected chi connectivity index (χ3v) is 12.9. The van der Waals surface area contributed by atoms with Crippen molar-refractivity contribution in [2.24, 2.45) is 5.73 Å². The van der Waals surface area contributed by atoms with Crippen LogP contribution in [0.5, 0.6) is 0 Å². The van der Waals surface area contributed by atoms with Crippen LogP contribution < -0.4 is 5.73 Å². The van der Waals surface area contributed by atoms with Gasteiger partial charge in [0.05, 0.1) is 19.8 Å². The van der Waals surface area contributed by atoms with E-state index in [4.69, 9.17) is 24.3 Å². The van der Waals surface area contributed by atoms with Gasteiger partial charge in [0, 0.05) is 19.6 Å². The fourth-order valence-corrected chi connectivity index (χ4v) is 8.76. The Bertz CT molecular complexity index is 951. The number of allylic oxidation sites excluding steroid dienone is 2. The summed E-state index contributed by atoms with van der Waals surface area (Å²) in [5, 5.41) is 0. The summed E-state index contributed by atoms with van der Waals surface area (Å²) in [6, 6.07) is 0. The molecule has 8 nitrogen and oxygen atoms in total. The van der Waals surface area contributed by atoms with E-state index in [0.29, 0.717) is 13.0 Å². The molecule has 0 aliphatic carbocycles. The predicted molar refractivity (Wildman–Crippen MR) is 261 cm³/mol. The number of hydrogen-bond acceptors (Lipinski definition) is 7. The van der Waals surface area contributed by atoms with Gasteiger partial charge in [0.1, 0.15) is 6.10 Å². The fraction of sp³-hybridized carbons (Fsp3) is 0.942. The Hall–Kier alpha value is -0.760. The Morgan fingerprint density at radius 2 is 0.820 bits per heavy atom. The summed E-state index contributed by atoms with van der Waals surface area (Å²) in [6.45, 7) is 4.97. The van der Waals surface area contributed by atoms with Crippen molar-refractivity contribution >= 4 is 13.8 Å². The second-order valence-electron chi connectivity index (χ2n) is 18.1. The summed E-state index contributed by atoms with van der Waals surface area (Å²) >= 11 is 0. The Labute approximate surface area is 379 Å². The highest BCUT2D eigenvalue weighted by atomic mass is 31.2. The molecule has 0 spiro atoms. The number of carbonyl (C=O) groups excluding carboxylic acids is 1. The molecule has 3 N–H and O–H groups in total. The summed E-state index contributed by atoms with van der Waals surface area (Å²) in [7, 11) is -4.28. The molecule has 2 unspecified atom stereocenters. The number of unbranched alkanes of at least 4 members (excludes halogenated alkanes) is 37. The third-order valence-electron chi connectivity index (χ3n) is 11.9. The summed E-state index contributed by atoms with van der Waals surface area (Å²) < 4.78 is 33.6. The summed E-state index contributed by atoms with van der Waals surface area (Å²) in [5.41, 5.74) is 5.39. The van der Waals surface area contributed by atoms with Gasteiger partial charge in [-0.1, -0.05) is 244 Å². The van der Waals surface area contributed by atoms with E-state index < -0.39 is 13.9 Å². The van der Waals surface area contributed by atoms with E-state index in [2.05, 4.69) is 26.0 Å². The molecule has 0 aromatic carbocycles. The van der Waals surface area contributed by atoms with Crippen LogP contribution in [0.4, 0.5) is 0 Å². The number of carbonyl (C=O) groups is 1. The van der Waals surface area contributed by atoms with Crippen molar-refractivity contribution in [3.8, 4) is 0 Å². The SMILES string of the molecule is CCCCCCCCC/C=C\CCCCCCCCOCC(COP(=O)(O)OCCN)OC(=O)CCCCCCCCCCCCCCCCCCCCCCCCCCC. The molecule has 61 heavy (non-hydrogen) atoms. The zero-order valence-electron chi connectivity index (χ0n) is 40.7. The van der Waals surface area contributed by atoms with E-state index in [1.165, 1.54) is 225 Å². The molecule has 0 fully saturated rings. The van der Waals surface area contributed by atoms with E-state index in [1.54, 1.807) is 0 Å². The first kappa shape index (κ1) is 60.2. The zero-order valence-corrected chi connectivity index (χ0v) is 41.6. The quantitative estimate of drug-likeness (QED) is 0.0268. The largest absolute Gasteiger partial charge is 0.472 e. The van der Waals surface area contributed by atoms with Crippen LogP contribution in [0, 0.1) is 0 Å². The molecule has 0 bridgehead atoms. The maximum absolute atomic E-state index is 12.7. The maximum Gasteiger partial charge on any atom is 0.472 e. The zero-order chi connectivity index (χ0) is 44.4. The van der Waals surface area contributed by atoms with Crippen molar-refractivity contribution < 1.29 is 32.8 Å². The number of esters is 1. The number of ether oxygens (including phenoxy) is 2. The average molecular weight is 886 g/mol. The van der Waals surface area contributed by atoms with Gasteiger partial charge in [0.25, 0.3) is 0 Å². The first-order valence-corrected chi connectivity index (χ1v) is 28.2. The smallest absolute Gasteiger partial charge is 0.457 e. The lowest BCUT2D eigenvalue weighted by Crippen LogP contribution is -2.28. The molecule has 0 heterocycles. The first-order valence-electron chi connectivity index (χ1n) is 26.7. The van der Waals surface area contributed by atoms with Gasteiger partial charge in [-0.05, 0) is 38.5 Å². The van der Waals surface area contributed by atoms with E-state index >= 15 is 0 Å². The molecule has 0 rings (SSSR count). The predicted octanol–water partition coefficient (Wildman–Crippen LogP) is 16.6. The molecule has 0 amide bonds. The van der Waals surface area contributed by atoms with E-state index in [1.807, 2.05) is 0 Å². The molecule has 0 radical (unpaired) electrons. The Morgan fingerprint density at radius 1 is 0.475 bits per heavy atom. The highest BCUT2D eigenvalue weighted by Crippen LogP contribution is 2.43. The second kappa shape index (κ2) is 50.2. The van der Waals surface area contributed by atoms with Crippen molar-refractivity contribution in [3.63, 3.8) is 0 Å². The van der Waals surface area contributed by atoms with Crippen molar-refractivity contribution in [1.29, 1.82) is 0 Å². The summed E-state index contributed by atoms with van der Waals surface area (Å²) in [4.78, 5) is 22.6. The number of phosphoric acid groups is 1. The number of hydrogen-bond donors (Lipinski definition) is 2. The van der Waals surface area contributed by atoms with E-state index in [-0.39, 0.29) is 32.3 Å². The highest BCUT2D eigenvalue weighted by molar-refractivity contribution is 7.47.